The quantitative estimate of drug-likeness (QED) is 0.232. The Morgan fingerprint density at radius 3 is 2.56 bits per heavy atom. The monoisotopic (exact) mass is 542 g/mol. The van der Waals surface area contributed by atoms with E-state index >= 15 is 0 Å². The minimum atomic E-state index is -3.97. The summed E-state index contributed by atoms with van der Waals surface area (Å²) < 4.78 is 37.4. The number of aromatic nitrogens is 2. The average Bonchev–Trinajstić information content (AvgIpc) is 3.01. The van der Waals surface area contributed by atoms with E-state index in [0.29, 0.717) is 0 Å². The molecule has 3 N–H and O–H groups in total. The summed E-state index contributed by atoms with van der Waals surface area (Å²) in [7, 11) is -3.97. The molecule has 1 saturated heterocycles. The molecule has 1 unspecified atom stereocenters. The molecule has 11 nitrogen and oxygen atoms in total. The lowest BCUT2D eigenvalue weighted by Gasteiger charge is -2.28. The number of hydrogen-bond donors (Lipinski definition) is 3. The maximum atomic E-state index is 13.7. The summed E-state index contributed by atoms with van der Waals surface area (Å²) in [5.41, 5.74) is -2.26. The molecule has 1 aliphatic rings. The van der Waals surface area contributed by atoms with Gasteiger partial charge in [0, 0.05) is 12.3 Å². The fourth-order valence-corrected chi connectivity index (χ4v) is 5.82. The fraction of sp³-hybridized carbons (Fsp3) is 0.522. The van der Waals surface area contributed by atoms with E-state index in [1.54, 1.807) is 51.1 Å². The van der Waals surface area contributed by atoms with Gasteiger partial charge in [-0.05, 0) is 45.1 Å². The predicted octanol–water partition coefficient (Wildman–Crippen LogP) is 2.79. The van der Waals surface area contributed by atoms with Gasteiger partial charge < -0.3 is 24.2 Å². The molecule has 6 atom stereocenters. The van der Waals surface area contributed by atoms with Crippen LogP contribution in [-0.4, -0.2) is 62.4 Å². The molecule has 198 valence electrons. The number of carbonyl (C=O) groups is 1. The smallest absolute Gasteiger partial charge is 0.380 e. The van der Waals surface area contributed by atoms with E-state index < -0.39 is 55.7 Å². The number of rotatable bonds is 10. The lowest BCUT2D eigenvalue weighted by molar-refractivity contribution is -0.151. The van der Waals surface area contributed by atoms with Gasteiger partial charge in [0.1, 0.15) is 23.6 Å². The van der Waals surface area contributed by atoms with E-state index in [0.717, 1.165) is 0 Å². The molecule has 1 aliphatic heterocycles. The first kappa shape index (κ1) is 28.2. The number of aromatic amines is 1. The van der Waals surface area contributed by atoms with Crippen molar-refractivity contribution in [2.45, 2.75) is 57.8 Å². The maximum Gasteiger partial charge on any atom is 0.380 e. The van der Waals surface area contributed by atoms with Crippen LogP contribution >= 0.6 is 19.8 Å². The lowest BCUT2D eigenvalue weighted by Crippen LogP contribution is -2.44. The van der Waals surface area contributed by atoms with Crippen LogP contribution in [0.3, 0.4) is 0 Å². The Balaban J connectivity index is 1.80. The van der Waals surface area contributed by atoms with Crippen molar-refractivity contribution in [2.75, 3.05) is 12.8 Å². The number of carbonyl (C=O) groups excluding carboxylic acids is 1. The first-order chi connectivity index (χ1) is 16.8. The van der Waals surface area contributed by atoms with Gasteiger partial charge in [0.25, 0.3) is 5.56 Å². The Kier molecular flexibility index (Phi) is 8.92. The number of para-hydroxylation sites is 1. The molecule has 0 amide bonds. The Bertz CT molecular complexity index is 1210. The summed E-state index contributed by atoms with van der Waals surface area (Å²) in [6.45, 7) is 5.88. The van der Waals surface area contributed by atoms with Gasteiger partial charge in [0.05, 0.1) is 24.8 Å². The number of benzene rings is 1. The van der Waals surface area contributed by atoms with Gasteiger partial charge in [-0.15, -0.1) is 0 Å². The third kappa shape index (κ3) is 6.70. The van der Waals surface area contributed by atoms with Crippen molar-refractivity contribution in [2.24, 2.45) is 5.92 Å². The molecule has 2 aromatic rings. The summed E-state index contributed by atoms with van der Waals surface area (Å²) in [6, 6.07) is 9.52. The van der Waals surface area contributed by atoms with Crippen LogP contribution in [0.4, 0.5) is 0 Å². The van der Waals surface area contributed by atoms with Crippen LogP contribution in [0.15, 0.2) is 47.4 Å². The summed E-state index contributed by atoms with van der Waals surface area (Å²) in [5.74, 6) is -1.10. The number of aliphatic hydroxyl groups is 2. The van der Waals surface area contributed by atoms with Crippen molar-refractivity contribution >= 4 is 25.8 Å². The number of esters is 1. The van der Waals surface area contributed by atoms with Crippen molar-refractivity contribution in [1.82, 2.24) is 9.55 Å². The largest absolute Gasteiger partial charge is 0.463 e. The highest BCUT2D eigenvalue weighted by Crippen LogP contribution is 2.51. The van der Waals surface area contributed by atoms with Gasteiger partial charge in [0.15, 0.2) is 11.0 Å². The second-order valence-electron chi connectivity index (χ2n) is 9.10. The Hall–Kier alpha value is -2.34. The van der Waals surface area contributed by atoms with Gasteiger partial charge in [-0.3, -0.25) is 23.7 Å². The number of nitrogens with one attached hydrogen (secondary N) is 1. The summed E-state index contributed by atoms with van der Waals surface area (Å²) in [4.78, 5) is 26.3. The summed E-state index contributed by atoms with van der Waals surface area (Å²) in [6.07, 6.45) is -3.08. The summed E-state index contributed by atoms with van der Waals surface area (Å²) >= 11 is 5.15. The highest BCUT2D eigenvalue weighted by atomic mass is 32.1. The first-order valence-electron chi connectivity index (χ1n) is 11.4. The van der Waals surface area contributed by atoms with Crippen LogP contribution < -0.4 is 10.1 Å². The normalized spacial score (nSPS) is 26.4. The fourth-order valence-electron chi connectivity index (χ4n) is 3.69. The standard InChI is InChI=1S/C23H31N2O9PS/c1-14(2)32-20(28)15(3)13-35(30,34-16-8-6-5-7-9-16)31-12-17-19(27)23(4,29)21(33-17)25-11-10-18(26)24-22(25)36/h5-11,14-15,17,19,21,27,29H,12-13H2,1-4H3,(H,24,26,36)/t15-,17-,19+,21-,23?,35-/m1/s1. The topological polar surface area (TPSA) is 149 Å². The molecule has 13 heteroatoms. The SMILES string of the molecule is CC(C)OC(=O)[C@H](C)C[P@@](=O)(OC[C@H]1O[C@@H](n2ccc(=O)[nH]c2=S)C(C)(O)[C@H]1O)Oc1ccccc1. The number of H-pyrrole nitrogens is 1. The molecule has 0 saturated carbocycles. The van der Waals surface area contributed by atoms with Crippen molar-refractivity contribution in [3.8, 4) is 5.75 Å². The molecule has 1 aromatic carbocycles. The number of aliphatic hydroxyl groups excluding tert-OH is 1. The second kappa shape index (κ2) is 11.4. The van der Waals surface area contributed by atoms with E-state index in [9.17, 15) is 24.4 Å². The Labute approximate surface area is 213 Å². The number of hydrogen-bond acceptors (Lipinski definition) is 10. The van der Waals surface area contributed by atoms with Crippen LogP contribution in [0.1, 0.15) is 33.9 Å². The van der Waals surface area contributed by atoms with Crippen LogP contribution in [0, 0.1) is 10.7 Å². The first-order valence-corrected chi connectivity index (χ1v) is 13.5. The zero-order valence-electron chi connectivity index (χ0n) is 20.4. The van der Waals surface area contributed by atoms with Gasteiger partial charge in [-0.2, -0.15) is 0 Å². The molecule has 0 spiro atoms. The van der Waals surface area contributed by atoms with Crippen molar-refractivity contribution in [3.63, 3.8) is 0 Å². The van der Waals surface area contributed by atoms with E-state index in [-0.39, 0.29) is 22.8 Å². The molecule has 3 rings (SSSR count). The number of nitrogens with zero attached hydrogens (tertiary/aromatic N) is 1. The molecular weight excluding hydrogens is 511 g/mol. The average molecular weight is 543 g/mol. The van der Waals surface area contributed by atoms with Gasteiger partial charge in [0.2, 0.25) is 0 Å². The van der Waals surface area contributed by atoms with Crippen molar-refractivity contribution < 1.29 is 38.1 Å². The molecule has 0 radical (unpaired) electrons. The molecule has 1 aromatic heterocycles. The van der Waals surface area contributed by atoms with Crippen molar-refractivity contribution in [3.05, 3.63) is 57.7 Å². The minimum Gasteiger partial charge on any atom is -0.463 e. The lowest BCUT2D eigenvalue weighted by atomic mass is 9.96. The molecule has 2 heterocycles. The van der Waals surface area contributed by atoms with Crippen LogP contribution in [0.5, 0.6) is 5.75 Å². The Morgan fingerprint density at radius 1 is 1.28 bits per heavy atom. The van der Waals surface area contributed by atoms with Crippen molar-refractivity contribution in [1.29, 1.82) is 0 Å². The Morgan fingerprint density at radius 2 is 1.94 bits per heavy atom. The predicted molar refractivity (Wildman–Crippen MR) is 132 cm³/mol. The minimum absolute atomic E-state index is 0.0166. The van der Waals surface area contributed by atoms with Gasteiger partial charge >= 0.3 is 13.6 Å². The van der Waals surface area contributed by atoms with E-state index in [2.05, 4.69) is 4.98 Å². The molecule has 36 heavy (non-hydrogen) atoms. The second-order valence-corrected chi connectivity index (χ2v) is 11.5. The highest BCUT2D eigenvalue weighted by molar-refractivity contribution is 7.71. The third-order valence-electron chi connectivity index (χ3n) is 5.53. The van der Waals surface area contributed by atoms with E-state index in [1.807, 2.05) is 0 Å². The van der Waals surface area contributed by atoms with Crippen LogP contribution in [0.2, 0.25) is 0 Å². The number of ether oxygens (including phenoxy) is 2. The van der Waals surface area contributed by atoms with E-state index in [4.69, 9.17) is 30.7 Å². The summed E-state index contributed by atoms with van der Waals surface area (Å²) in [5, 5.41) is 21.7. The molecule has 0 aliphatic carbocycles. The molecule has 1 fully saturated rings. The molecular formula is C23H31N2O9PS. The van der Waals surface area contributed by atoms with Crippen LogP contribution in [-0.2, 0) is 23.4 Å². The zero-order chi connectivity index (χ0) is 26.7. The van der Waals surface area contributed by atoms with E-state index in [1.165, 1.54) is 23.8 Å². The zero-order valence-corrected chi connectivity index (χ0v) is 22.1. The third-order valence-corrected chi connectivity index (χ3v) is 7.87. The van der Waals surface area contributed by atoms with Gasteiger partial charge in [-0.25, -0.2) is 4.57 Å². The highest BCUT2D eigenvalue weighted by Gasteiger charge is 2.53. The molecule has 0 bridgehead atoms. The maximum absolute atomic E-state index is 13.7. The van der Waals surface area contributed by atoms with Gasteiger partial charge in [-0.1, -0.05) is 25.1 Å². The van der Waals surface area contributed by atoms with Crippen LogP contribution in [0.25, 0.3) is 0 Å².